The highest BCUT2D eigenvalue weighted by Gasteiger charge is 2.17. The molecule has 0 aliphatic carbocycles. The maximum Gasteiger partial charge on any atom is 0.306 e. The van der Waals surface area contributed by atoms with Gasteiger partial charge in [0.2, 0.25) is 0 Å². The Morgan fingerprint density at radius 2 is 0.629 bits per heavy atom. The summed E-state index contributed by atoms with van der Waals surface area (Å²) in [7, 11) is 0. The van der Waals surface area contributed by atoms with Crippen LogP contribution in [0.15, 0.2) is 24.3 Å². The van der Waals surface area contributed by atoms with Crippen LogP contribution in [-0.2, 0) is 23.8 Å². The maximum atomic E-state index is 12.7. The second-order valence-corrected chi connectivity index (χ2v) is 18.8. The fraction of sp³-hybridized carbons (Fsp3) is 0.895. The Morgan fingerprint density at radius 3 is 0.984 bits per heavy atom. The van der Waals surface area contributed by atoms with Crippen LogP contribution in [0, 0.1) is 0 Å². The third-order valence-corrected chi connectivity index (χ3v) is 12.5. The highest BCUT2D eigenvalue weighted by molar-refractivity contribution is 5.70. The SMILES string of the molecule is CCCCCCCC/C=C\CCCCCCCCCCCCOCC(COC(=O)CCCCCCCCCCC/C=C\CCCCCCCC)OC(=O)CCCCCCCCC. The summed E-state index contributed by atoms with van der Waals surface area (Å²) in [4.78, 5) is 25.3. The first-order valence-corrected chi connectivity index (χ1v) is 27.9. The number of carbonyl (C=O) groups is 2. The van der Waals surface area contributed by atoms with Crippen LogP contribution >= 0.6 is 0 Å². The first-order chi connectivity index (χ1) is 30.6. The van der Waals surface area contributed by atoms with Gasteiger partial charge in [0.15, 0.2) is 6.10 Å². The van der Waals surface area contributed by atoms with E-state index in [0.717, 1.165) is 32.1 Å². The van der Waals surface area contributed by atoms with Gasteiger partial charge >= 0.3 is 11.9 Å². The highest BCUT2D eigenvalue weighted by atomic mass is 16.6. The Kier molecular flexibility index (Phi) is 52.3. The average Bonchev–Trinajstić information content (AvgIpc) is 3.27. The summed E-state index contributed by atoms with van der Waals surface area (Å²) >= 11 is 0. The van der Waals surface area contributed by atoms with Crippen LogP contribution in [-0.4, -0.2) is 37.9 Å². The second kappa shape index (κ2) is 53.7. The fourth-order valence-corrected chi connectivity index (χ4v) is 8.27. The molecule has 0 heterocycles. The number of allylic oxidation sites excluding steroid dienone is 4. The molecule has 0 aliphatic heterocycles. The molecule has 366 valence electrons. The molecule has 0 bridgehead atoms. The molecule has 1 unspecified atom stereocenters. The molecule has 62 heavy (non-hydrogen) atoms. The van der Waals surface area contributed by atoms with Crippen molar-refractivity contribution in [2.24, 2.45) is 0 Å². The zero-order valence-electron chi connectivity index (χ0n) is 42.2. The molecule has 0 spiro atoms. The lowest BCUT2D eigenvalue weighted by Crippen LogP contribution is -2.30. The summed E-state index contributed by atoms with van der Waals surface area (Å²) in [5, 5.41) is 0. The molecule has 0 rings (SSSR count). The van der Waals surface area contributed by atoms with Crippen molar-refractivity contribution in [3.63, 3.8) is 0 Å². The van der Waals surface area contributed by atoms with Crippen molar-refractivity contribution in [3.8, 4) is 0 Å². The zero-order valence-corrected chi connectivity index (χ0v) is 42.2. The van der Waals surface area contributed by atoms with Crippen molar-refractivity contribution in [1.82, 2.24) is 0 Å². The summed E-state index contributed by atoms with van der Waals surface area (Å²) in [5.41, 5.74) is 0. The molecule has 0 aromatic rings. The monoisotopic (exact) mass is 873 g/mol. The number of esters is 2. The number of hydrogen-bond donors (Lipinski definition) is 0. The van der Waals surface area contributed by atoms with E-state index in [4.69, 9.17) is 14.2 Å². The number of ether oxygens (including phenoxy) is 3. The van der Waals surface area contributed by atoms with Crippen LogP contribution in [0.5, 0.6) is 0 Å². The van der Waals surface area contributed by atoms with Gasteiger partial charge in [-0.15, -0.1) is 0 Å². The molecule has 0 N–H and O–H groups in total. The second-order valence-electron chi connectivity index (χ2n) is 18.8. The molecule has 0 aromatic carbocycles. The van der Waals surface area contributed by atoms with Gasteiger partial charge in [-0.2, -0.15) is 0 Å². The smallest absolute Gasteiger partial charge is 0.306 e. The summed E-state index contributed by atoms with van der Waals surface area (Å²) in [5.74, 6) is -0.389. The molecule has 0 aliphatic rings. The predicted octanol–water partition coefficient (Wildman–Crippen LogP) is 18.8. The highest BCUT2D eigenvalue weighted by Crippen LogP contribution is 2.16. The Hall–Kier alpha value is -1.62. The van der Waals surface area contributed by atoms with Crippen molar-refractivity contribution in [2.45, 2.75) is 309 Å². The first kappa shape index (κ1) is 60.4. The van der Waals surface area contributed by atoms with Gasteiger partial charge in [-0.3, -0.25) is 9.59 Å². The fourth-order valence-electron chi connectivity index (χ4n) is 8.27. The molecule has 0 saturated carbocycles. The van der Waals surface area contributed by atoms with Gasteiger partial charge in [0, 0.05) is 19.4 Å². The average molecular weight is 873 g/mol. The van der Waals surface area contributed by atoms with E-state index in [0.29, 0.717) is 26.1 Å². The Bertz CT molecular complexity index is 943. The minimum atomic E-state index is -0.529. The van der Waals surface area contributed by atoms with Crippen LogP contribution in [0.3, 0.4) is 0 Å². The third-order valence-electron chi connectivity index (χ3n) is 12.5. The standard InChI is InChI=1S/C57H108O5/c1-4-7-10-13-16-18-20-22-24-26-28-30-32-34-36-38-40-43-46-49-52-60-53-55(62-57(59)51-48-45-41-15-12-9-6-3)54-61-56(58)50-47-44-42-39-37-35-33-31-29-27-25-23-21-19-17-14-11-8-5-2/h22-25,55H,4-21,26-54H2,1-3H3/b24-22-,25-23-. The van der Waals surface area contributed by atoms with Gasteiger partial charge in [0.25, 0.3) is 0 Å². The van der Waals surface area contributed by atoms with E-state index in [2.05, 4.69) is 45.1 Å². The van der Waals surface area contributed by atoms with Gasteiger partial charge in [0.05, 0.1) is 6.61 Å². The van der Waals surface area contributed by atoms with E-state index >= 15 is 0 Å². The van der Waals surface area contributed by atoms with Crippen molar-refractivity contribution >= 4 is 11.9 Å². The number of hydrogen-bond acceptors (Lipinski definition) is 5. The normalized spacial score (nSPS) is 12.2. The lowest BCUT2D eigenvalue weighted by Gasteiger charge is -2.18. The first-order valence-electron chi connectivity index (χ1n) is 27.9. The van der Waals surface area contributed by atoms with Crippen LogP contribution < -0.4 is 0 Å². The van der Waals surface area contributed by atoms with Crippen molar-refractivity contribution < 1.29 is 23.8 Å². The molecule has 0 fully saturated rings. The van der Waals surface area contributed by atoms with Crippen molar-refractivity contribution in [2.75, 3.05) is 19.8 Å². The van der Waals surface area contributed by atoms with E-state index in [1.807, 2.05) is 0 Å². The van der Waals surface area contributed by atoms with E-state index in [-0.39, 0.29) is 18.5 Å². The van der Waals surface area contributed by atoms with Gasteiger partial charge in [-0.05, 0) is 70.6 Å². The van der Waals surface area contributed by atoms with Gasteiger partial charge in [-0.1, -0.05) is 244 Å². The number of carbonyl (C=O) groups excluding carboxylic acids is 2. The lowest BCUT2D eigenvalue weighted by atomic mass is 10.1. The molecule has 5 heteroatoms. The van der Waals surface area contributed by atoms with Crippen LogP contribution in [0.25, 0.3) is 0 Å². The van der Waals surface area contributed by atoms with E-state index < -0.39 is 6.10 Å². The molecule has 1 atom stereocenters. The Morgan fingerprint density at radius 1 is 0.339 bits per heavy atom. The molecule has 0 aromatic heterocycles. The van der Waals surface area contributed by atoms with Gasteiger partial charge in [-0.25, -0.2) is 0 Å². The molecule has 0 radical (unpaired) electrons. The maximum absolute atomic E-state index is 12.7. The molecular weight excluding hydrogens is 765 g/mol. The molecular formula is C57H108O5. The lowest BCUT2D eigenvalue weighted by molar-refractivity contribution is -0.163. The number of unbranched alkanes of at least 4 members (excludes halogenated alkanes) is 37. The van der Waals surface area contributed by atoms with E-state index in [1.54, 1.807) is 0 Å². The minimum Gasteiger partial charge on any atom is -0.462 e. The van der Waals surface area contributed by atoms with E-state index in [1.165, 1.54) is 238 Å². The Balaban J connectivity index is 4.03. The minimum absolute atomic E-state index is 0.0897. The van der Waals surface area contributed by atoms with Gasteiger partial charge in [0.1, 0.15) is 6.61 Å². The zero-order chi connectivity index (χ0) is 44.9. The predicted molar refractivity (Wildman–Crippen MR) is 270 cm³/mol. The van der Waals surface area contributed by atoms with Crippen LogP contribution in [0.4, 0.5) is 0 Å². The summed E-state index contributed by atoms with van der Waals surface area (Å²) in [6, 6.07) is 0. The molecule has 0 saturated heterocycles. The summed E-state index contributed by atoms with van der Waals surface area (Å²) in [6.07, 6.45) is 63.5. The summed E-state index contributed by atoms with van der Waals surface area (Å²) in [6.45, 7) is 7.84. The molecule has 5 nitrogen and oxygen atoms in total. The topological polar surface area (TPSA) is 61.8 Å². The Labute approximate surface area is 387 Å². The third kappa shape index (κ3) is 51.0. The van der Waals surface area contributed by atoms with Crippen molar-refractivity contribution in [3.05, 3.63) is 24.3 Å². The van der Waals surface area contributed by atoms with Crippen LogP contribution in [0.2, 0.25) is 0 Å². The molecule has 0 amide bonds. The number of rotatable bonds is 52. The summed E-state index contributed by atoms with van der Waals surface area (Å²) < 4.78 is 17.4. The largest absolute Gasteiger partial charge is 0.462 e. The van der Waals surface area contributed by atoms with Crippen LogP contribution in [0.1, 0.15) is 303 Å². The van der Waals surface area contributed by atoms with E-state index in [9.17, 15) is 9.59 Å². The quantitative estimate of drug-likeness (QED) is 0.0346. The van der Waals surface area contributed by atoms with Gasteiger partial charge < -0.3 is 14.2 Å². The van der Waals surface area contributed by atoms with Crippen molar-refractivity contribution in [1.29, 1.82) is 0 Å².